The van der Waals surface area contributed by atoms with Crippen LogP contribution in [0.25, 0.3) is 0 Å². The van der Waals surface area contributed by atoms with Crippen LogP contribution in [0.4, 0.5) is 14.9 Å². The van der Waals surface area contributed by atoms with Crippen molar-refractivity contribution in [1.82, 2.24) is 5.32 Å². The minimum absolute atomic E-state index is 0.289. The maximum atomic E-state index is 13.1. The fourth-order valence-corrected chi connectivity index (χ4v) is 5.16. The number of urea groups is 1. The van der Waals surface area contributed by atoms with Gasteiger partial charge in [0.2, 0.25) is 0 Å². The normalized spacial score (nSPS) is 14.9. The number of rotatable bonds is 6. The molecular formula is C20H23FN2O3S. The van der Waals surface area contributed by atoms with Gasteiger partial charge in [0, 0.05) is 12.2 Å². The van der Waals surface area contributed by atoms with E-state index in [-0.39, 0.29) is 11.1 Å². The van der Waals surface area contributed by atoms with Crippen molar-refractivity contribution < 1.29 is 17.6 Å². The van der Waals surface area contributed by atoms with E-state index >= 15 is 0 Å². The molecule has 2 aromatic rings. The number of carbonyl (C=O) groups excluding carboxylic acids is 1. The molecule has 0 saturated heterocycles. The minimum atomic E-state index is -3.29. The van der Waals surface area contributed by atoms with E-state index in [4.69, 9.17) is 0 Å². The molecule has 7 heteroatoms. The molecule has 2 amide bonds. The van der Waals surface area contributed by atoms with Crippen molar-refractivity contribution in [2.75, 3.05) is 11.9 Å². The van der Waals surface area contributed by atoms with E-state index in [0.717, 1.165) is 31.2 Å². The summed E-state index contributed by atoms with van der Waals surface area (Å²) in [4.78, 5) is 12.2. The molecule has 0 aliphatic heterocycles. The minimum Gasteiger partial charge on any atom is -0.338 e. The van der Waals surface area contributed by atoms with E-state index in [0.29, 0.717) is 23.5 Å². The van der Waals surface area contributed by atoms with Crippen LogP contribution in [0.2, 0.25) is 0 Å². The zero-order chi connectivity index (χ0) is 19.3. The lowest BCUT2D eigenvalue weighted by atomic mass is 10.1. The van der Waals surface area contributed by atoms with Crippen molar-refractivity contribution >= 4 is 21.6 Å². The van der Waals surface area contributed by atoms with Gasteiger partial charge in [-0.05, 0) is 61.2 Å². The number of anilines is 1. The van der Waals surface area contributed by atoms with Crippen LogP contribution in [-0.2, 0) is 16.3 Å². The van der Waals surface area contributed by atoms with E-state index in [1.165, 1.54) is 24.3 Å². The molecule has 1 saturated carbocycles. The van der Waals surface area contributed by atoms with E-state index in [1.807, 2.05) is 0 Å². The Labute approximate surface area is 158 Å². The van der Waals surface area contributed by atoms with Crippen molar-refractivity contribution in [3.8, 4) is 0 Å². The predicted molar refractivity (Wildman–Crippen MR) is 103 cm³/mol. The molecule has 3 rings (SSSR count). The van der Waals surface area contributed by atoms with Crippen LogP contribution in [0.3, 0.4) is 0 Å². The van der Waals surface area contributed by atoms with Gasteiger partial charge in [-0.15, -0.1) is 0 Å². The summed E-state index contributed by atoms with van der Waals surface area (Å²) in [6.45, 7) is 0.365. The Morgan fingerprint density at radius 1 is 1.07 bits per heavy atom. The second kappa shape index (κ2) is 8.52. The van der Waals surface area contributed by atoms with E-state index < -0.39 is 15.9 Å². The summed E-state index contributed by atoms with van der Waals surface area (Å²) in [5, 5.41) is 5.08. The number of amides is 2. The Balaban J connectivity index is 1.51. The van der Waals surface area contributed by atoms with E-state index in [9.17, 15) is 17.6 Å². The molecule has 0 spiro atoms. The SMILES string of the molecule is O=C(NCCc1cccc(F)c1)Nc1ccc(S(=O)(=O)C2CCCC2)cc1. The van der Waals surface area contributed by atoms with Crippen LogP contribution in [0.1, 0.15) is 31.2 Å². The third-order valence-corrected chi connectivity index (χ3v) is 7.05. The number of hydrogen-bond acceptors (Lipinski definition) is 3. The molecule has 0 atom stereocenters. The topological polar surface area (TPSA) is 75.3 Å². The van der Waals surface area contributed by atoms with Crippen LogP contribution >= 0.6 is 0 Å². The molecule has 0 unspecified atom stereocenters. The Bertz CT molecular complexity index is 892. The van der Waals surface area contributed by atoms with Crippen LogP contribution in [0.15, 0.2) is 53.4 Å². The maximum absolute atomic E-state index is 13.1. The summed E-state index contributed by atoms with van der Waals surface area (Å²) < 4.78 is 38.2. The molecule has 2 N–H and O–H groups in total. The molecule has 5 nitrogen and oxygen atoms in total. The smallest absolute Gasteiger partial charge is 0.319 e. The van der Waals surface area contributed by atoms with E-state index in [2.05, 4.69) is 10.6 Å². The molecule has 27 heavy (non-hydrogen) atoms. The highest BCUT2D eigenvalue weighted by atomic mass is 32.2. The number of halogens is 1. The summed E-state index contributed by atoms with van der Waals surface area (Å²) in [6, 6.07) is 12.1. The summed E-state index contributed by atoms with van der Waals surface area (Å²) in [7, 11) is -3.29. The average molecular weight is 390 g/mol. The third-order valence-electron chi connectivity index (χ3n) is 4.77. The van der Waals surface area contributed by atoms with Crippen molar-refractivity contribution in [3.05, 3.63) is 59.9 Å². The summed E-state index contributed by atoms with van der Waals surface area (Å²) >= 11 is 0. The van der Waals surface area contributed by atoms with Crippen molar-refractivity contribution in [3.63, 3.8) is 0 Å². The molecule has 0 bridgehead atoms. The molecule has 0 radical (unpaired) electrons. The molecule has 1 aliphatic carbocycles. The molecule has 144 valence electrons. The second-order valence-electron chi connectivity index (χ2n) is 6.74. The highest BCUT2D eigenvalue weighted by Gasteiger charge is 2.30. The first-order chi connectivity index (χ1) is 12.9. The third kappa shape index (κ3) is 5.07. The number of sulfone groups is 1. The van der Waals surface area contributed by atoms with Crippen LogP contribution < -0.4 is 10.6 Å². The van der Waals surface area contributed by atoms with Gasteiger partial charge in [-0.25, -0.2) is 17.6 Å². The van der Waals surface area contributed by atoms with Gasteiger partial charge in [0.15, 0.2) is 9.84 Å². The summed E-state index contributed by atoms with van der Waals surface area (Å²) in [6.07, 6.45) is 3.87. The van der Waals surface area contributed by atoms with Gasteiger partial charge >= 0.3 is 6.03 Å². The van der Waals surface area contributed by atoms with Gasteiger partial charge in [0.1, 0.15) is 5.82 Å². The predicted octanol–water partition coefficient (Wildman–Crippen LogP) is 3.91. The van der Waals surface area contributed by atoms with Crippen molar-refractivity contribution in [1.29, 1.82) is 0 Å². The second-order valence-corrected chi connectivity index (χ2v) is 8.96. The Morgan fingerprint density at radius 2 is 1.78 bits per heavy atom. The fourth-order valence-electron chi connectivity index (χ4n) is 3.31. The van der Waals surface area contributed by atoms with Gasteiger partial charge in [-0.1, -0.05) is 25.0 Å². The lowest BCUT2D eigenvalue weighted by molar-refractivity contribution is 0.252. The highest BCUT2D eigenvalue weighted by molar-refractivity contribution is 7.92. The number of benzene rings is 2. The van der Waals surface area contributed by atoms with Gasteiger partial charge in [-0.3, -0.25) is 0 Å². The molecule has 1 aliphatic rings. The van der Waals surface area contributed by atoms with Crippen molar-refractivity contribution in [2.45, 2.75) is 42.2 Å². The van der Waals surface area contributed by atoms with Gasteiger partial charge in [-0.2, -0.15) is 0 Å². The molecule has 0 aromatic heterocycles. The summed E-state index contributed by atoms with van der Waals surface area (Å²) in [5.41, 5.74) is 1.32. The average Bonchev–Trinajstić information content (AvgIpc) is 3.18. The van der Waals surface area contributed by atoms with Crippen LogP contribution in [0, 0.1) is 5.82 Å². The standard InChI is InChI=1S/C20H23FN2O3S/c21-16-5-3-4-15(14-16)12-13-22-20(24)23-17-8-10-19(11-9-17)27(25,26)18-6-1-2-7-18/h3-5,8-11,14,18H,1-2,6-7,12-13H2,(H2,22,23,24). The lowest BCUT2D eigenvalue weighted by Crippen LogP contribution is -2.30. The lowest BCUT2D eigenvalue weighted by Gasteiger charge is -2.12. The Morgan fingerprint density at radius 3 is 2.44 bits per heavy atom. The van der Waals surface area contributed by atoms with Gasteiger partial charge < -0.3 is 10.6 Å². The monoisotopic (exact) mass is 390 g/mol. The number of hydrogen-bond donors (Lipinski definition) is 2. The Hall–Kier alpha value is -2.41. The molecule has 2 aromatic carbocycles. The van der Waals surface area contributed by atoms with Crippen molar-refractivity contribution in [2.24, 2.45) is 0 Å². The van der Waals surface area contributed by atoms with Crippen LogP contribution in [0.5, 0.6) is 0 Å². The Kier molecular flexibility index (Phi) is 6.11. The first kappa shape index (κ1) is 19.4. The zero-order valence-electron chi connectivity index (χ0n) is 14.9. The maximum Gasteiger partial charge on any atom is 0.319 e. The van der Waals surface area contributed by atoms with Gasteiger partial charge in [0.05, 0.1) is 10.1 Å². The molecule has 1 fully saturated rings. The number of nitrogens with one attached hydrogen (secondary N) is 2. The largest absolute Gasteiger partial charge is 0.338 e. The summed E-state index contributed by atoms with van der Waals surface area (Å²) in [5.74, 6) is -0.301. The van der Waals surface area contributed by atoms with Gasteiger partial charge in [0.25, 0.3) is 0 Å². The molecular weight excluding hydrogens is 367 g/mol. The zero-order valence-corrected chi connectivity index (χ0v) is 15.8. The number of carbonyl (C=O) groups is 1. The first-order valence-corrected chi connectivity index (χ1v) is 10.6. The fraction of sp³-hybridized carbons (Fsp3) is 0.350. The molecule has 0 heterocycles. The first-order valence-electron chi connectivity index (χ1n) is 9.08. The van der Waals surface area contributed by atoms with E-state index in [1.54, 1.807) is 24.3 Å². The van der Waals surface area contributed by atoms with Crippen LogP contribution in [-0.4, -0.2) is 26.2 Å². The highest BCUT2D eigenvalue weighted by Crippen LogP contribution is 2.30. The quantitative estimate of drug-likeness (QED) is 0.785.